The maximum atomic E-state index is 12.6. The number of nitriles is 1. The molecular weight excluding hydrogens is 167 g/mol. The van der Waals surface area contributed by atoms with E-state index < -0.39 is 5.95 Å². The quantitative estimate of drug-likeness (QED) is 0.444. The highest BCUT2D eigenvalue weighted by Gasteiger charge is 1.96. The molecule has 0 amide bonds. The molecule has 1 heterocycles. The van der Waals surface area contributed by atoms with Gasteiger partial charge in [0.05, 0.1) is 12.5 Å². The molecule has 1 aromatic heterocycles. The van der Waals surface area contributed by atoms with Crippen molar-refractivity contribution in [2.24, 2.45) is 0 Å². The predicted octanol–water partition coefficient (Wildman–Crippen LogP) is 1.79. The van der Waals surface area contributed by atoms with Crippen LogP contribution in [0.25, 0.3) is 0 Å². The van der Waals surface area contributed by atoms with Gasteiger partial charge in [0.1, 0.15) is 0 Å². The van der Waals surface area contributed by atoms with Crippen LogP contribution in [0.15, 0.2) is 12.3 Å². The van der Waals surface area contributed by atoms with E-state index in [0.29, 0.717) is 5.56 Å². The van der Waals surface area contributed by atoms with E-state index in [4.69, 9.17) is 5.26 Å². The molecule has 0 radical (unpaired) electrons. The zero-order valence-electron chi connectivity index (χ0n) is 7.13. The van der Waals surface area contributed by atoms with Crippen molar-refractivity contribution in [2.75, 3.05) is 0 Å². The molecular formula is C10H7FN2. The van der Waals surface area contributed by atoms with Crippen molar-refractivity contribution in [3.63, 3.8) is 0 Å². The summed E-state index contributed by atoms with van der Waals surface area (Å²) < 4.78 is 12.6. The van der Waals surface area contributed by atoms with Crippen LogP contribution in [0.3, 0.4) is 0 Å². The molecule has 1 rings (SSSR count). The topological polar surface area (TPSA) is 36.7 Å². The van der Waals surface area contributed by atoms with Gasteiger partial charge in [-0.1, -0.05) is 11.8 Å². The molecule has 0 atom stereocenters. The number of nitrogens with zero attached hydrogens (tertiary/aromatic N) is 2. The lowest BCUT2D eigenvalue weighted by atomic mass is 10.1. The largest absolute Gasteiger partial charge is 0.228 e. The summed E-state index contributed by atoms with van der Waals surface area (Å²) in [5.41, 5.74) is 1.40. The third-order valence-electron chi connectivity index (χ3n) is 1.46. The van der Waals surface area contributed by atoms with Crippen LogP contribution in [0.1, 0.15) is 17.5 Å². The van der Waals surface area contributed by atoms with Crippen LogP contribution in [0.2, 0.25) is 0 Å². The second-order valence-electron chi connectivity index (χ2n) is 2.46. The highest BCUT2D eigenvalue weighted by molar-refractivity contribution is 5.39. The lowest BCUT2D eigenvalue weighted by Gasteiger charge is -1.95. The lowest BCUT2D eigenvalue weighted by molar-refractivity contribution is 0.582. The number of pyridine rings is 1. The van der Waals surface area contributed by atoms with Gasteiger partial charge in [-0.05, 0) is 12.5 Å². The van der Waals surface area contributed by atoms with Crippen molar-refractivity contribution < 1.29 is 4.39 Å². The highest BCUT2D eigenvalue weighted by atomic mass is 19.1. The molecule has 0 saturated heterocycles. The fraction of sp³-hybridized carbons (Fsp3) is 0.200. The number of rotatable bonds is 0. The standard InChI is InChI=1S/C10H7FN2/c1-8-7-13-10(11)6-9(8)4-2-3-5-12/h6-7H,3H2,1H3. The summed E-state index contributed by atoms with van der Waals surface area (Å²) in [5.74, 6) is 4.77. The molecule has 64 valence electrons. The Morgan fingerprint density at radius 2 is 2.38 bits per heavy atom. The molecule has 3 heteroatoms. The molecule has 0 aliphatic rings. The molecule has 2 nitrogen and oxygen atoms in total. The van der Waals surface area contributed by atoms with Crippen LogP contribution >= 0.6 is 0 Å². The van der Waals surface area contributed by atoms with Gasteiger partial charge in [0.2, 0.25) is 5.95 Å². The Labute approximate surface area is 76.0 Å². The maximum absolute atomic E-state index is 12.6. The summed E-state index contributed by atoms with van der Waals surface area (Å²) in [5, 5.41) is 8.23. The zero-order valence-corrected chi connectivity index (χ0v) is 7.13. The van der Waals surface area contributed by atoms with Gasteiger partial charge >= 0.3 is 0 Å². The van der Waals surface area contributed by atoms with E-state index >= 15 is 0 Å². The molecule has 0 aliphatic carbocycles. The van der Waals surface area contributed by atoms with Crippen LogP contribution in [0.4, 0.5) is 4.39 Å². The Kier molecular flexibility index (Phi) is 3.00. The van der Waals surface area contributed by atoms with E-state index in [1.165, 1.54) is 12.3 Å². The van der Waals surface area contributed by atoms with Gasteiger partial charge in [-0.2, -0.15) is 9.65 Å². The Morgan fingerprint density at radius 3 is 3.08 bits per heavy atom. The third-order valence-corrected chi connectivity index (χ3v) is 1.46. The van der Waals surface area contributed by atoms with Gasteiger partial charge in [0.25, 0.3) is 0 Å². The summed E-state index contributed by atoms with van der Waals surface area (Å²) >= 11 is 0. The Morgan fingerprint density at radius 1 is 1.62 bits per heavy atom. The smallest absolute Gasteiger partial charge is 0.214 e. The van der Waals surface area contributed by atoms with Gasteiger partial charge < -0.3 is 0 Å². The van der Waals surface area contributed by atoms with E-state index in [0.717, 1.165) is 5.56 Å². The Balaban J connectivity index is 2.97. The number of aryl methyl sites for hydroxylation is 1. The first-order valence-corrected chi connectivity index (χ1v) is 3.72. The van der Waals surface area contributed by atoms with E-state index in [9.17, 15) is 4.39 Å². The van der Waals surface area contributed by atoms with Gasteiger partial charge in [-0.25, -0.2) is 4.98 Å². The minimum absolute atomic E-state index is 0.156. The van der Waals surface area contributed by atoms with E-state index in [1.54, 1.807) is 6.92 Å². The third kappa shape index (κ3) is 2.57. The lowest BCUT2D eigenvalue weighted by Crippen LogP contribution is -1.88. The first-order valence-electron chi connectivity index (χ1n) is 3.72. The first kappa shape index (κ1) is 9.22. The van der Waals surface area contributed by atoms with Crippen molar-refractivity contribution in [1.29, 1.82) is 5.26 Å². The van der Waals surface area contributed by atoms with Crippen LogP contribution in [0, 0.1) is 36.0 Å². The molecule has 0 aromatic carbocycles. The number of halogens is 1. The number of aromatic nitrogens is 1. The fourth-order valence-electron chi connectivity index (χ4n) is 0.812. The van der Waals surface area contributed by atoms with Gasteiger partial charge in [0, 0.05) is 17.8 Å². The number of hydrogen-bond acceptors (Lipinski definition) is 2. The minimum Gasteiger partial charge on any atom is -0.228 e. The van der Waals surface area contributed by atoms with Crippen molar-refractivity contribution in [2.45, 2.75) is 13.3 Å². The maximum Gasteiger partial charge on any atom is 0.214 e. The molecule has 0 unspecified atom stereocenters. The van der Waals surface area contributed by atoms with Crippen molar-refractivity contribution in [3.05, 3.63) is 29.3 Å². The Hall–Kier alpha value is -1.87. The second kappa shape index (κ2) is 4.23. The summed E-state index contributed by atoms with van der Waals surface area (Å²) in [6.45, 7) is 1.79. The summed E-state index contributed by atoms with van der Waals surface area (Å²) in [7, 11) is 0. The van der Waals surface area contributed by atoms with Crippen molar-refractivity contribution >= 4 is 0 Å². The molecule has 13 heavy (non-hydrogen) atoms. The molecule has 0 spiro atoms. The van der Waals surface area contributed by atoms with Crippen LogP contribution in [0.5, 0.6) is 0 Å². The van der Waals surface area contributed by atoms with Crippen LogP contribution < -0.4 is 0 Å². The fourth-order valence-corrected chi connectivity index (χ4v) is 0.812. The molecule has 1 aromatic rings. The van der Waals surface area contributed by atoms with Crippen molar-refractivity contribution in [1.82, 2.24) is 4.98 Å². The summed E-state index contributed by atoms with van der Waals surface area (Å²) in [6.07, 6.45) is 1.58. The second-order valence-corrected chi connectivity index (χ2v) is 2.46. The summed E-state index contributed by atoms with van der Waals surface area (Å²) in [4.78, 5) is 3.47. The Bertz CT molecular complexity index is 407. The normalized spacial score (nSPS) is 8.38. The summed E-state index contributed by atoms with van der Waals surface area (Å²) in [6, 6.07) is 3.15. The first-order chi connectivity index (χ1) is 6.24. The monoisotopic (exact) mass is 174 g/mol. The van der Waals surface area contributed by atoms with Crippen molar-refractivity contribution in [3.8, 4) is 17.9 Å². The molecule has 0 saturated carbocycles. The van der Waals surface area contributed by atoms with Gasteiger partial charge in [0.15, 0.2) is 0 Å². The van der Waals surface area contributed by atoms with E-state index in [1.807, 2.05) is 6.07 Å². The average molecular weight is 174 g/mol. The molecule has 0 N–H and O–H groups in total. The predicted molar refractivity (Wildman–Crippen MR) is 46.0 cm³/mol. The molecule has 0 fully saturated rings. The number of hydrogen-bond donors (Lipinski definition) is 0. The average Bonchev–Trinajstić information content (AvgIpc) is 2.11. The SMILES string of the molecule is Cc1cnc(F)cc1C#CCC#N. The zero-order chi connectivity index (χ0) is 9.68. The van der Waals surface area contributed by atoms with E-state index in [-0.39, 0.29) is 6.42 Å². The van der Waals surface area contributed by atoms with Crippen LogP contribution in [-0.4, -0.2) is 4.98 Å². The highest BCUT2D eigenvalue weighted by Crippen LogP contribution is 2.05. The van der Waals surface area contributed by atoms with Gasteiger partial charge in [-0.15, -0.1) is 0 Å². The van der Waals surface area contributed by atoms with E-state index in [2.05, 4.69) is 16.8 Å². The van der Waals surface area contributed by atoms with Crippen LogP contribution in [-0.2, 0) is 0 Å². The molecule has 0 aliphatic heterocycles. The molecule has 0 bridgehead atoms. The minimum atomic E-state index is -0.549. The van der Waals surface area contributed by atoms with Gasteiger partial charge in [-0.3, -0.25) is 0 Å².